The number of pyridine rings is 1. The second kappa shape index (κ2) is 6.55. The van der Waals surface area contributed by atoms with Crippen LogP contribution in [0.25, 0.3) is 0 Å². The Morgan fingerprint density at radius 3 is 2.81 bits per heavy atom. The predicted octanol–water partition coefficient (Wildman–Crippen LogP) is 1.36. The van der Waals surface area contributed by atoms with Gasteiger partial charge in [0.1, 0.15) is 5.82 Å². The molecule has 0 saturated heterocycles. The van der Waals surface area contributed by atoms with Crippen LogP contribution >= 0.6 is 0 Å². The van der Waals surface area contributed by atoms with Crippen molar-refractivity contribution in [2.24, 2.45) is 0 Å². The van der Waals surface area contributed by atoms with Crippen LogP contribution in [0.15, 0.2) is 24.4 Å². The van der Waals surface area contributed by atoms with Gasteiger partial charge < -0.3 is 10.1 Å². The van der Waals surface area contributed by atoms with Gasteiger partial charge in [0.25, 0.3) is 0 Å². The Morgan fingerprint density at radius 1 is 1.38 bits per heavy atom. The fraction of sp³-hybridized carbons (Fsp3) is 0.364. The number of carbonyl (C=O) groups is 2. The summed E-state index contributed by atoms with van der Waals surface area (Å²) in [6.45, 7) is 2.06. The van der Waals surface area contributed by atoms with Gasteiger partial charge in [-0.2, -0.15) is 0 Å². The van der Waals surface area contributed by atoms with Gasteiger partial charge in [0.2, 0.25) is 5.91 Å². The van der Waals surface area contributed by atoms with Crippen molar-refractivity contribution in [2.45, 2.75) is 19.8 Å². The monoisotopic (exact) mass is 222 g/mol. The number of rotatable bonds is 5. The van der Waals surface area contributed by atoms with Crippen LogP contribution < -0.4 is 5.32 Å². The number of carbonyl (C=O) groups excluding carboxylic acids is 2. The number of esters is 1. The van der Waals surface area contributed by atoms with E-state index in [0.29, 0.717) is 12.4 Å². The Morgan fingerprint density at radius 2 is 2.19 bits per heavy atom. The van der Waals surface area contributed by atoms with E-state index in [1.807, 2.05) is 0 Å². The molecule has 1 aromatic heterocycles. The average molecular weight is 222 g/mol. The van der Waals surface area contributed by atoms with E-state index < -0.39 is 0 Å². The summed E-state index contributed by atoms with van der Waals surface area (Å²) in [5.41, 5.74) is 0. The lowest BCUT2D eigenvalue weighted by molar-refractivity contribution is -0.144. The number of anilines is 1. The van der Waals surface area contributed by atoms with Crippen molar-refractivity contribution in [1.29, 1.82) is 0 Å². The zero-order valence-corrected chi connectivity index (χ0v) is 9.10. The molecule has 1 amide bonds. The predicted molar refractivity (Wildman–Crippen MR) is 58.7 cm³/mol. The molecule has 0 aliphatic rings. The smallest absolute Gasteiger partial charge is 0.306 e. The van der Waals surface area contributed by atoms with Crippen molar-refractivity contribution in [3.63, 3.8) is 0 Å². The number of hydrogen-bond donors (Lipinski definition) is 1. The molecule has 0 radical (unpaired) electrons. The molecule has 0 aliphatic heterocycles. The summed E-state index contributed by atoms with van der Waals surface area (Å²) < 4.78 is 4.71. The van der Waals surface area contributed by atoms with Gasteiger partial charge in [-0.15, -0.1) is 0 Å². The van der Waals surface area contributed by atoms with Gasteiger partial charge in [-0.3, -0.25) is 9.59 Å². The average Bonchev–Trinajstić information content (AvgIpc) is 2.28. The lowest BCUT2D eigenvalue weighted by Gasteiger charge is -2.03. The molecule has 0 aromatic carbocycles. The van der Waals surface area contributed by atoms with E-state index in [1.54, 1.807) is 31.3 Å². The molecule has 1 heterocycles. The Labute approximate surface area is 93.8 Å². The van der Waals surface area contributed by atoms with Crippen molar-refractivity contribution in [2.75, 3.05) is 11.9 Å². The lowest BCUT2D eigenvalue weighted by Crippen LogP contribution is -2.15. The largest absolute Gasteiger partial charge is 0.466 e. The highest BCUT2D eigenvalue weighted by Gasteiger charge is 2.07. The second-order valence-electron chi connectivity index (χ2n) is 3.07. The molecule has 0 fully saturated rings. The Kier molecular flexibility index (Phi) is 4.98. The standard InChI is InChI=1S/C11H14N2O3/c1-2-16-11(15)7-6-10(14)13-9-5-3-4-8-12-9/h3-5,8H,2,6-7H2,1H3,(H,12,13,14). The maximum atomic E-state index is 11.4. The van der Waals surface area contributed by atoms with E-state index >= 15 is 0 Å². The zero-order chi connectivity index (χ0) is 11.8. The molecule has 0 bridgehead atoms. The molecule has 1 aromatic rings. The van der Waals surface area contributed by atoms with E-state index in [-0.39, 0.29) is 24.7 Å². The van der Waals surface area contributed by atoms with Crippen LogP contribution in [0.5, 0.6) is 0 Å². The molecule has 86 valence electrons. The van der Waals surface area contributed by atoms with Crippen LogP contribution in [0.2, 0.25) is 0 Å². The summed E-state index contributed by atoms with van der Waals surface area (Å²) in [6.07, 6.45) is 1.78. The number of amides is 1. The molecule has 0 saturated carbocycles. The van der Waals surface area contributed by atoms with Crippen LogP contribution in [0.4, 0.5) is 5.82 Å². The lowest BCUT2D eigenvalue weighted by atomic mass is 10.3. The molecule has 1 N–H and O–H groups in total. The van der Waals surface area contributed by atoms with Gasteiger partial charge in [-0.25, -0.2) is 4.98 Å². The third kappa shape index (κ3) is 4.54. The SMILES string of the molecule is CCOC(=O)CCC(=O)Nc1ccccn1. The molecule has 16 heavy (non-hydrogen) atoms. The first-order valence-electron chi connectivity index (χ1n) is 5.09. The second-order valence-corrected chi connectivity index (χ2v) is 3.07. The van der Waals surface area contributed by atoms with Crippen LogP contribution in [0.3, 0.4) is 0 Å². The van der Waals surface area contributed by atoms with Crippen LogP contribution in [-0.4, -0.2) is 23.5 Å². The topological polar surface area (TPSA) is 68.3 Å². The molecule has 0 atom stereocenters. The minimum Gasteiger partial charge on any atom is -0.466 e. The maximum absolute atomic E-state index is 11.4. The van der Waals surface area contributed by atoms with Gasteiger partial charge in [-0.05, 0) is 19.1 Å². The van der Waals surface area contributed by atoms with E-state index in [2.05, 4.69) is 10.3 Å². The van der Waals surface area contributed by atoms with Gasteiger partial charge >= 0.3 is 5.97 Å². The van der Waals surface area contributed by atoms with Crippen molar-refractivity contribution < 1.29 is 14.3 Å². The molecule has 0 spiro atoms. The molecular formula is C11H14N2O3. The summed E-state index contributed by atoms with van der Waals surface area (Å²) in [6, 6.07) is 5.21. The summed E-state index contributed by atoms with van der Waals surface area (Å²) in [7, 11) is 0. The Bertz CT molecular complexity index is 352. The third-order valence-electron chi connectivity index (χ3n) is 1.79. The number of ether oxygens (including phenoxy) is 1. The van der Waals surface area contributed by atoms with Gasteiger partial charge in [0.05, 0.1) is 13.0 Å². The Hall–Kier alpha value is -1.91. The van der Waals surface area contributed by atoms with Crippen molar-refractivity contribution in [3.05, 3.63) is 24.4 Å². The van der Waals surface area contributed by atoms with Gasteiger partial charge in [0.15, 0.2) is 0 Å². The van der Waals surface area contributed by atoms with E-state index in [4.69, 9.17) is 4.74 Å². The quantitative estimate of drug-likeness (QED) is 0.764. The fourth-order valence-electron chi connectivity index (χ4n) is 1.09. The molecule has 0 unspecified atom stereocenters. The molecule has 1 rings (SSSR count). The molecule has 5 nitrogen and oxygen atoms in total. The maximum Gasteiger partial charge on any atom is 0.306 e. The van der Waals surface area contributed by atoms with Crippen molar-refractivity contribution in [1.82, 2.24) is 4.98 Å². The first-order valence-corrected chi connectivity index (χ1v) is 5.09. The molecule has 0 aliphatic carbocycles. The van der Waals surface area contributed by atoms with Gasteiger partial charge in [0, 0.05) is 12.6 Å². The van der Waals surface area contributed by atoms with Gasteiger partial charge in [-0.1, -0.05) is 6.07 Å². The van der Waals surface area contributed by atoms with E-state index in [1.165, 1.54) is 0 Å². The van der Waals surface area contributed by atoms with Crippen LogP contribution in [0.1, 0.15) is 19.8 Å². The number of hydrogen-bond acceptors (Lipinski definition) is 4. The van der Waals surface area contributed by atoms with Crippen molar-refractivity contribution >= 4 is 17.7 Å². The normalized spacial score (nSPS) is 9.56. The minimum absolute atomic E-state index is 0.0898. The zero-order valence-electron chi connectivity index (χ0n) is 9.10. The Balaban J connectivity index is 2.29. The van der Waals surface area contributed by atoms with Crippen LogP contribution in [0, 0.1) is 0 Å². The minimum atomic E-state index is -0.362. The number of aromatic nitrogens is 1. The summed E-state index contributed by atoms with van der Waals surface area (Å²) in [4.78, 5) is 26.3. The number of nitrogens with one attached hydrogen (secondary N) is 1. The third-order valence-corrected chi connectivity index (χ3v) is 1.79. The highest BCUT2D eigenvalue weighted by Crippen LogP contribution is 2.02. The molecular weight excluding hydrogens is 208 g/mol. The summed E-state index contributed by atoms with van der Waals surface area (Å²) in [5.74, 6) is -0.123. The highest BCUT2D eigenvalue weighted by molar-refractivity contribution is 5.91. The molecule has 5 heteroatoms. The number of nitrogens with zero attached hydrogens (tertiary/aromatic N) is 1. The highest BCUT2D eigenvalue weighted by atomic mass is 16.5. The summed E-state index contributed by atoms with van der Waals surface area (Å²) >= 11 is 0. The summed E-state index contributed by atoms with van der Waals surface area (Å²) in [5, 5.41) is 2.58. The van der Waals surface area contributed by atoms with Crippen molar-refractivity contribution in [3.8, 4) is 0 Å². The van der Waals surface area contributed by atoms with E-state index in [0.717, 1.165) is 0 Å². The first-order chi connectivity index (χ1) is 7.72. The fourth-order valence-corrected chi connectivity index (χ4v) is 1.09. The van der Waals surface area contributed by atoms with E-state index in [9.17, 15) is 9.59 Å². The van der Waals surface area contributed by atoms with Crippen LogP contribution in [-0.2, 0) is 14.3 Å². The first kappa shape index (κ1) is 12.2.